The molecule has 1 aliphatic rings. The highest BCUT2D eigenvalue weighted by Gasteiger charge is 2.34. The summed E-state index contributed by atoms with van der Waals surface area (Å²) in [5, 5.41) is 14.3. The minimum absolute atomic E-state index is 0.201. The zero-order valence-electron chi connectivity index (χ0n) is 13.2. The van der Waals surface area contributed by atoms with E-state index in [0.717, 1.165) is 27.7 Å². The van der Waals surface area contributed by atoms with Crippen molar-refractivity contribution in [3.8, 4) is 5.75 Å². The van der Waals surface area contributed by atoms with Gasteiger partial charge in [0.05, 0.1) is 13.2 Å². The number of phenolic OH excluding ortho intramolecular Hbond substituents is 1. The van der Waals surface area contributed by atoms with Crippen LogP contribution in [0.2, 0.25) is 0 Å². The van der Waals surface area contributed by atoms with Gasteiger partial charge in [0.1, 0.15) is 11.8 Å². The van der Waals surface area contributed by atoms with Crippen molar-refractivity contribution in [1.29, 1.82) is 0 Å². The van der Waals surface area contributed by atoms with Crippen LogP contribution in [-0.4, -0.2) is 29.2 Å². The number of methoxy groups -OCH3 is 1. The summed E-state index contributed by atoms with van der Waals surface area (Å²) < 4.78 is 4.94. The summed E-state index contributed by atoms with van der Waals surface area (Å²) in [6, 6.07) is 14.5. The number of H-pyrrole nitrogens is 1. The standard InChI is InChI=1S/C19H18N2O3/c1-24-19(23)16-10-14-13-7-2-3-8-15(13)20-18(14)17(21-16)11-5-4-6-12(22)9-11/h2-9,16-17,20-22H,10H2,1H3/t16-,17-/m1/s1. The van der Waals surface area contributed by atoms with Crippen molar-refractivity contribution in [2.45, 2.75) is 18.5 Å². The Balaban J connectivity index is 1.88. The van der Waals surface area contributed by atoms with Crippen molar-refractivity contribution in [3.63, 3.8) is 0 Å². The molecule has 24 heavy (non-hydrogen) atoms. The molecule has 122 valence electrons. The van der Waals surface area contributed by atoms with E-state index in [0.29, 0.717) is 6.42 Å². The first kappa shape index (κ1) is 14.8. The number of ether oxygens (including phenoxy) is 1. The number of esters is 1. The first-order valence-electron chi connectivity index (χ1n) is 7.89. The number of phenols is 1. The summed E-state index contributed by atoms with van der Waals surface area (Å²) in [6.07, 6.45) is 0.571. The zero-order chi connectivity index (χ0) is 16.7. The number of rotatable bonds is 2. The summed E-state index contributed by atoms with van der Waals surface area (Å²) in [5.74, 6) is -0.0803. The number of hydrogen-bond donors (Lipinski definition) is 3. The second kappa shape index (κ2) is 5.69. The minimum Gasteiger partial charge on any atom is -0.508 e. The van der Waals surface area contributed by atoms with Gasteiger partial charge >= 0.3 is 5.97 Å². The molecule has 0 amide bonds. The van der Waals surface area contributed by atoms with Crippen LogP contribution in [0.4, 0.5) is 0 Å². The summed E-state index contributed by atoms with van der Waals surface area (Å²) >= 11 is 0. The molecule has 3 aromatic rings. The van der Waals surface area contributed by atoms with E-state index in [-0.39, 0.29) is 17.8 Å². The van der Waals surface area contributed by atoms with Gasteiger partial charge in [0, 0.05) is 23.0 Å². The number of aromatic amines is 1. The summed E-state index contributed by atoms with van der Waals surface area (Å²) in [4.78, 5) is 15.6. The monoisotopic (exact) mass is 322 g/mol. The van der Waals surface area contributed by atoms with Crippen molar-refractivity contribution >= 4 is 16.9 Å². The van der Waals surface area contributed by atoms with E-state index in [1.807, 2.05) is 24.3 Å². The maximum absolute atomic E-state index is 12.1. The van der Waals surface area contributed by atoms with Crippen LogP contribution in [0.3, 0.4) is 0 Å². The molecule has 4 rings (SSSR count). The fourth-order valence-electron chi connectivity index (χ4n) is 3.50. The van der Waals surface area contributed by atoms with Gasteiger partial charge in [-0.2, -0.15) is 0 Å². The van der Waals surface area contributed by atoms with Crippen molar-refractivity contribution in [2.75, 3.05) is 7.11 Å². The lowest BCUT2D eigenvalue weighted by Gasteiger charge is -2.30. The number of carbonyl (C=O) groups is 1. The van der Waals surface area contributed by atoms with Crippen LogP contribution in [0.15, 0.2) is 48.5 Å². The van der Waals surface area contributed by atoms with Crippen molar-refractivity contribution in [1.82, 2.24) is 10.3 Å². The number of aromatic hydroxyl groups is 1. The maximum Gasteiger partial charge on any atom is 0.323 e. The summed E-state index contributed by atoms with van der Waals surface area (Å²) in [7, 11) is 1.40. The third kappa shape index (κ3) is 2.34. The molecule has 0 fully saturated rings. The molecule has 0 spiro atoms. The number of benzene rings is 2. The number of fused-ring (bicyclic) bond motifs is 3. The lowest BCUT2D eigenvalue weighted by Crippen LogP contribution is -2.45. The Labute approximate surface area is 139 Å². The van der Waals surface area contributed by atoms with Gasteiger partial charge in [0.15, 0.2) is 0 Å². The molecule has 1 aromatic heterocycles. The fourth-order valence-corrected chi connectivity index (χ4v) is 3.50. The molecule has 0 saturated heterocycles. The molecular weight excluding hydrogens is 304 g/mol. The number of para-hydroxylation sites is 1. The molecule has 5 nitrogen and oxygen atoms in total. The minimum atomic E-state index is -0.422. The number of carbonyl (C=O) groups excluding carboxylic acids is 1. The number of nitrogens with one attached hydrogen (secondary N) is 2. The highest BCUT2D eigenvalue weighted by molar-refractivity contribution is 5.87. The van der Waals surface area contributed by atoms with Crippen LogP contribution in [0.5, 0.6) is 5.75 Å². The molecule has 0 bridgehead atoms. The molecule has 0 unspecified atom stereocenters. The average molecular weight is 322 g/mol. The Morgan fingerprint density at radius 3 is 2.83 bits per heavy atom. The first-order chi connectivity index (χ1) is 11.7. The van der Waals surface area contributed by atoms with Crippen LogP contribution in [-0.2, 0) is 16.0 Å². The molecule has 3 N–H and O–H groups in total. The van der Waals surface area contributed by atoms with Crippen molar-refractivity contribution in [3.05, 3.63) is 65.4 Å². The largest absolute Gasteiger partial charge is 0.508 e. The van der Waals surface area contributed by atoms with Crippen molar-refractivity contribution in [2.24, 2.45) is 0 Å². The highest BCUT2D eigenvalue weighted by Crippen LogP contribution is 2.36. The van der Waals surface area contributed by atoms with Gasteiger partial charge in [0.25, 0.3) is 0 Å². The smallest absolute Gasteiger partial charge is 0.323 e. The number of hydrogen-bond acceptors (Lipinski definition) is 4. The molecule has 5 heteroatoms. The maximum atomic E-state index is 12.1. The molecule has 2 aromatic carbocycles. The van der Waals surface area contributed by atoms with E-state index in [9.17, 15) is 9.90 Å². The Kier molecular flexibility index (Phi) is 3.50. The van der Waals surface area contributed by atoms with Gasteiger partial charge in [0.2, 0.25) is 0 Å². The van der Waals surface area contributed by atoms with Gasteiger partial charge in [-0.05, 0) is 29.3 Å². The quantitative estimate of drug-likeness (QED) is 0.634. The SMILES string of the molecule is COC(=O)[C@H]1Cc2c([nH]c3ccccc23)[C@@H](c2cccc(O)c2)N1. The highest BCUT2D eigenvalue weighted by atomic mass is 16.5. The Morgan fingerprint density at radius 2 is 2.04 bits per heavy atom. The van der Waals surface area contributed by atoms with E-state index >= 15 is 0 Å². The predicted molar refractivity (Wildman–Crippen MR) is 90.9 cm³/mol. The zero-order valence-corrected chi connectivity index (χ0v) is 13.2. The molecule has 0 aliphatic carbocycles. The van der Waals surface area contributed by atoms with Gasteiger partial charge in [-0.3, -0.25) is 10.1 Å². The van der Waals surface area contributed by atoms with Gasteiger partial charge in [-0.15, -0.1) is 0 Å². The number of aromatic nitrogens is 1. The van der Waals surface area contributed by atoms with E-state index in [4.69, 9.17) is 4.74 Å². The molecule has 2 atom stereocenters. The molecular formula is C19H18N2O3. The van der Waals surface area contributed by atoms with Crippen LogP contribution < -0.4 is 5.32 Å². The Hall–Kier alpha value is -2.79. The predicted octanol–water partition coefficient (Wildman–Crippen LogP) is 2.65. The average Bonchev–Trinajstić information content (AvgIpc) is 2.99. The second-order valence-corrected chi connectivity index (χ2v) is 6.04. The van der Waals surface area contributed by atoms with Gasteiger partial charge in [-0.1, -0.05) is 30.3 Å². The fraction of sp³-hybridized carbons (Fsp3) is 0.211. The summed E-state index contributed by atoms with van der Waals surface area (Å²) in [5.41, 5.74) is 4.09. The van der Waals surface area contributed by atoms with E-state index in [2.05, 4.69) is 16.4 Å². The van der Waals surface area contributed by atoms with Crippen LogP contribution in [0.1, 0.15) is 22.9 Å². The van der Waals surface area contributed by atoms with Gasteiger partial charge in [-0.25, -0.2) is 0 Å². The lowest BCUT2D eigenvalue weighted by atomic mass is 9.90. The molecule has 2 heterocycles. The topological polar surface area (TPSA) is 74.4 Å². The Morgan fingerprint density at radius 1 is 1.21 bits per heavy atom. The normalized spacial score (nSPS) is 19.9. The van der Waals surface area contributed by atoms with E-state index in [1.165, 1.54) is 7.11 Å². The van der Waals surface area contributed by atoms with Gasteiger partial charge < -0.3 is 14.8 Å². The Bertz CT molecular complexity index is 916. The third-order valence-corrected chi connectivity index (χ3v) is 4.60. The lowest BCUT2D eigenvalue weighted by molar-refractivity contribution is -0.143. The third-order valence-electron chi connectivity index (χ3n) is 4.60. The van der Waals surface area contributed by atoms with Crippen LogP contribution >= 0.6 is 0 Å². The van der Waals surface area contributed by atoms with Crippen molar-refractivity contribution < 1.29 is 14.6 Å². The molecule has 0 radical (unpaired) electrons. The molecule has 0 saturated carbocycles. The van der Waals surface area contributed by atoms with Crippen LogP contribution in [0.25, 0.3) is 10.9 Å². The summed E-state index contributed by atoms with van der Waals surface area (Å²) in [6.45, 7) is 0. The van der Waals surface area contributed by atoms with E-state index < -0.39 is 6.04 Å². The second-order valence-electron chi connectivity index (χ2n) is 6.04. The van der Waals surface area contributed by atoms with E-state index in [1.54, 1.807) is 18.2 Å². The van der Waals surface area contributed by atoms with Crippen LogP contribution in [0, 0.1) is 0 Å². The molecule has 1 aliphatic heterocycles. The first-order valence-corrected chi connectivity index (χ1v) is 7.89.